The molecule has 3 nitrogen and oxygen atoms in total. The van der Waals surface area contributed by atoms with E-state index in [2.05, 4.69) is 10.3 Å². The molecule has 0 aromatic carbocycles. The standard InChI is InChI=1S/C10H15ClN2O/c1-7(8(2)14-3)13-9-5-4-6-12-10(9)11/h4-8,13H,1-3H3. The van der Waals surface area contributed by atoms with Crippen LogP contribution in [0.2, 0.25) is 5.15 Å². The van der Waals surface area contributed by atoms with Crippen molar-refractivity contribution in [2.24, 2.45) is 0 Å². The van der Waals surface area contributed by atoms with Crippen molar-refractivity contribution >= 4 is 17.3 Å². The van der Waals surface area contributed by atoms with E-state index < -0.39 is 0 Å². The van der Waals surface area contributed by atoms with Gasteiger partial charge in [-0.25, -0.2) is 4.98 Å². The van der Waals surface area contributed by atoms with Crippen LogP contribution in [-0.2, 0) is 4.74 Å². The first-order valence-electron chi connectivity index (χ1n) is 4.55. The largest absolute Gasteiger partial charge is 0.380 e. The Kier molecular flexibility index (Phi) is 4.17. The zero-order chi connectivity index (χ0) is 10.6. The van der Waals surface area contributed by atoms with Gasteiger partial charge in [0.2, 0.25) is 0 Å². The van der Waals surface area contributed by atoms with Gasteiger partial charge >= 0.3 is 0 Å². The molecule has 1 heterocycles. The molecule has 0 saturated carbocycles. The predicted octanol–water partition coefficient (Wildman–Crippen LogP) is 2.57. The molecule has 0 amide bonds. The summed E-state index contributed by atoms with van der Waals surface area (Å²) in [5.41, 5.74) is 0.838. The molecule has 0 fully saturated rings. The minimum Gasteiger partial charge on any atom is -0.380 e. The van der Waals surface area contributed by atoms with Crippen LogP contribution in [-0.4, -0.2) is 24.2 Å². The minimum atomic E-state index is 0.131. The van der Waals surface area contributed by atoms with Crippen molar-refractivity contribution in [1.82, 2.24) is 4.98 Å². The maximum absolute atomic E-state index is 5.90. The first-order chi connectivity index (χ1) is 6.65. The number of pyridine rings is 1. The Labute approximate surface area is 89.4 Å². The van der Waals surface area contributed by atoms with E-state index in [4.69, 9.17) is 16.3 Å². The van der Waals surface area contributed by atoms with E-state index in [0.29, 0.717) is 5.15 Å². The second kappa shape index (κ2) is 5.17. The summed E-state index contributed by atoms with van der Waals surface area (Å²) in [6.45, 7) is 4.04. The molecule has 14 heavy (non-hydrogen) atoms. The molecule has 0 spiro atoms. The van der Waals surface area contributed by atoms with E-state index >= 15 is 0 Å². The van der Waals surface area contributed by atoms with E-state index in [0.717, 1.165) is 5.69 Å². The molecule has 0 aliphatic carbocycles. The molecule has 0 saturated heterocycles. The summed E-state index contributed by atoms with van der Waals surface area (Å²) in [5.74, 6) is 0. The summed E-state index contributed by atoms with van der Waals surface area (Å²) in [7, 11) is 1.69. The first kappa shape index (κ1) is 11.3. The van der Waals surface area contributed by atoms with Gasteiger partial charge < -0.3 is 10.1 Å². The van der Waals surface area contributed by atoms with Crippen LogP contribution >= 0.6 is 11.6 Å². The van der Waals surface area contributed by atoms with Crippen LogP contribution in [0.1, 0.15) is 13.8 Å². The van der Waals surface area contributed by atoms with Crippen LogP contribution in [0.25, 0.3) is 0 Å². The summed E-state index contributed by atoms with van der Waals surface area (Å²) in [6.07, 6.45) is 1.80. The Bertz CT molecular complexity index is 293. The molecule has 4 heteroatoms. The molecule has 1 rings (SSSR count). The molecule has 2 unspecified atom stereocenters. The Morgan fingerprint density at radius 2 is 2.21 bits per heavy atom. The molecular weight excluding hydrogens is 200 g/mol. The Morgan fingerprint density at radius 3 is 2.79 bits per heavy atom. The summed E-state index contributed by atoms with van der Waals surface area (Å²) in [4.78, 5) is 3.98. The molecule has 0 radical (unpaired) electrons. The molecule has 1 aromatic rings. The number of methoxy groups -OCH3 is 1. The average molecular weight is 215 g/mol. The second-order valence-corrected chi connectivity index (χ2v) is 3.57. The second-order valence-electron chi connectivity index (χ2n) is 3.22. The van der Waals surface area contributed by atoms with Crippen molar-refractivity contribution < 1.29 is 4.74 Å². The van der Waals surface area contributed by atoms with Gasteiger partial charge in [0, 0.05) is 19.3 Å². The highest BCUT2D eigenvalue weighted by Crippen LogP contribution is 2.19. The van der Waals surface area contributed by atoms with Gasteiger partial charge in [-0.05, 0) is 26.0 Å². The van der Waals surface area contributed by atoms with Gasteiger partial charge in [-0.15, -0.1) is 0 Å². The van der Waals surface area contributed by atoms with E-state index in [1.54, 1.807) is 13.3 Å². The normalized spacial score (nSPS) is 14.9. The predicted molar refractivity (Wildman–Crippen MR) is 58.8 cm³/mol. The highest BCUT2D eigenvalue weighted by molar-refractivity contribution is 6.31. The fourth-order valence-electron chi connectivity index (χ4n) is 1.06. The zero-order valence-electron chi connectivity index (χ0n) is 8.62. The Hall–Kier alpha value is -0.800. The third-order valence-electron chi connectivity index (χ3n) is 2.22. The smallest absolute Gasteiger partial charge is 0.152 e. The van der Waals surface area contributed by atoms with Crippen molar-refractivity contribution in [3.63, 3.8) is 0 Å². The molecule has 1 N–H and O–H groups in total. The average Bonchev–Trinajstić information content (AvgIpc) is 2.20. The quantitative estimate of drug-likeness (QED) is 0.783. The van der Waals surface area contributed by atoms with Gasteiger partial charge in [0.05, 0.1) is 11.8 Å². The Morgan fingerprint density at radius 1 is 1.50 bits per heavy atom. The van der Waals surface area contributed by atoms with Crippen LogP contribution < -0.4 is 5.32 Å². The lowest BCUT2D eigenvalue weighted by Crippen LogP contribution is -2.29. The lowest BCUT2D eigenvalue weighted by atomic mass is 10.2. The van der Waals surface area contributed by atoms with Crippen LogP contribution in [0, 0.1) is 0 Å². The molecule has 0 bridgehead atoms. The van der Waals surface area contributed by atoms with E-state index in [1.807, 2.05) is 26.0 Å². The maximum Gasteiger partial charge on any atom is 0.152 e. The van der Waals surface area contributed by atoms with Crippen LogP contribution in [0.3, 0.4) is 0 Å². The third kappa shape index (κ3) is 2.86. The number of ether oxygens (including phenoxy) is 1. The number of nitrogens with zero attached hydrogens (tertiary/aromatic N) is 1. The molecular formula is C10H15ClN2O. The summed E-state index contributed by atoms with van der Waals surface area (Å²) in [6, 6.07) is 3.94. The fourth-order valence-corrected chi connectivity index (χ4v) is 1.23. The summed E-state index contributed by atoms with van der Waals surface area (Å²) >= 11 is 5.90. The van der Waals surface area contributed by atoms with Crippen LogP contribution in [0.15, 0.2) is 18.3 Å². The third-order valence-corrected chi connectivity index (χ3v) is 2.52. The van der Waals surface area contributed by atoms with Gasteiger partial charge in [-0.2, -0.15) is 0 Å². The number of anilines is 1. The SMILES string of the molecule is COC(C)C(C)Nc1cccnc1Cl. The van der Waals surface area contributed by atoms with E-state index in [1.165, 1.54) is 0 Å². The minimum absolute atomic E-state index is 0.131. The molecule has 0 aliphatic heterocycles. The number of aromatic nitrogens is 1. The first-order valence-corrected chi connectivity index (χ1v) is 4.92. The van der Waals surface area contributed by atoms with E-state index in [9.17, 15) is 0 Å². The summed E-state index contributed by atoms with van der Waals surface area (Å²) in [5, 5.41) is 3.73. The lowest BCUT2D eigenvalue weighted by molar-refractivity contribution is 0.106. The fraction of sp³-hybridized carbons (Fsp3) is 0.500. The highest BCUT2D eigenvalue weighted by atomic mass is 35.5. The zero-order valence-corrected chi connectivity index (χ0v) is 9.38. The monoisotopic (exact) mass is 214 g/mol. The topological polar surface area (TPSA) is 34.1 Å². The molecule has 78 valence electrons. The van der Waals surface area contributed by atoms with Crippen molar-refractivity contribution in [2.45, 2.75) is 26.0 Å². The van der Waals surface area contributed by atoms with Crippen LogP contribution in [0.5, 0.6) is 0 Å². The number of halogens is 1. The van der Waals surface area contributed by atoms with Gasteiger partial charge in [0.1, 0.15) is 0 Å². The lowest BCUT2D eigenvalue weighted by Gasteiger charge is -2.21. The van der Waals surface area contributed by atoms with Crippen molar-refractivity contribution in [2.75, 3.05) is 12.4 Å². The Balaban J connectivity index is 2.64. The molecule has 1 aromatic heterocycles. The van der Waals surface area contributed by atoms with Crippen molar-refractivity contribution in [1.29, 1.82) is 0 Å². The van der Waals surface area contributed by atoms with Gasteiger partial charge in [-0.1, -0.05) is 11.6 Å². The van der Waals surface area contributed by atoms with Crippen molar-refractivity contribution in [3.8, 4) is 0 Å². The van der Waals surface area contributed by atoms with Gasteiger partial charge in [-0.3, -0.25) is 0 Å². The number of rotatable bonds is 4. The van der Waals surface area contributed by atoms with Gasteiger partial charge in [0.15, 0.2) is 5.15 Å². The van der Waals surface area contributed by atoms with E-state index in [-0.39, 0.29) is 12.1 Å². The van der Waals surface area contributed by atoms with Gasteiger partial charge in [0.25, 0.3) is 0 Å². The number of nitrogens with one attached hydrogen (secondary N) is 1. The summed E-state index contributed by atoms with van der Waals surface area (Å²) < 4.78 is 5.20. The maximum atomic E-state index is 5.90. The highest BCUT2D eigenvalue weighted by Gasteiger charge is 2.11. The van der Waals surface area contributed by atoms with Crippen molar-refractivity contribution in [3.05, 3.63) is 23.5 Å². The molecule has 2 atom stereocenters. The number of hydrogen-bond donors (Lipinski definition) is 1. The number of hydrogen-bond acceptors (Lipinski definition) is 3. The van der Waals surface area contributed by atoms with Crippen LogP contribution in [0.4, 0.5) is 5.69 Å². The molecule has 0 aliphatic rings.